The molecule has 3 N–H and O–H groups in total. The second-order valence-electron chi connectivity index (χ2n) is 8.28. The van der Waals surface area contributed by atoms with E-state index in [1.807, 2.05) is 0 Å². The SMILES string of the molecule is O=C(NCCNC(=O)c1ccc(OC2CCC(C(=O)O)CC2)cc1F)c1ccc(Cl)c(OC(F)(F)F)c1. The zero-order chi connectivity index (χ0) is 27.2. The molecule has 8 nitrogen and oxygen atoms in total. The van der Waals surface area contributed by atoms with Gasteiger partial charge >= 0.3 is 12.3 Å². The maximum atomic E-state index is 14.5. The summed E-state index contributed by atoms with van der Waals surface area (Å²) in [5.74, 6) is -4.05. The maximum absolute atomic E-state index is 14.5. The summed E-state index contributed by atoms with van der Waals surface area (Å²) in [5.41, 5.74) is -0.395. The minimum Gasteiger partial charge on any atom is -0.490 e. The molecular weight excluding hydrogens is 524 g/mol. The summed E-state index contributed by atoms with van der Waals surface area (Å²) in [5, 5.41) is 13.6. The second kappa shape index (κ2) is 12.1. The molecule has 0 heterocycles. The Morgan fingerprint density at radius 2 is 1.62 bits per heavy atom. The average molecular weight is 547 g/mol. The van der Waals surface area contributed by atoms with Gasteiger partial charge in [0.05, 0.1) is 22.6 Å². The van der Waals surface area contributed by atoms with Crippen LogP contribution in [0.2, 0.25) is 5.02 Å². The van der Waals surface area contributed by atoms with Gasteiger partial charge in [0.2, 0.25) is 0 Å². The Kier molecular flexibility index (Phi) is 9.19. The number of hydrogen-bond acceptors (Lipinski definition) is 5. The predicted molar refractivity (Wildman–Crippen MR) is 123 cm³/mol. The van der Waals surface area contributed by atoms with Gasteiger partial charge in [-0.25, -0.2) is 4.39 Å². The molecule has 1 fully saturated rings. The standard InChI is InChI=1S/C24H23ClF4N2O6/c25-18-8-3-14(11-20(18)37-24(27,28)29)21(32)30-9-10-31-22(33)17-7-6-16(12-19(17)26)36-15-4-1-13(2-5-15)23(34)35/h3,6-8,11-13,15H,1-2,4-5,9-10H2,(H,30,32)(H,31,33)(H,34,35). The van der Waals surface area contributed by atoms with Gasteiger partial charge < -0.3 is 25.2 Å². The number of alkyl halides is 3. The number of ether oxygens (including phenoxy) is 2. The van der Waals surface area contributed by atoms with E-state index in [1.165, 1.54) is 18.2 Å². The van der Waals surface area contributed by atoms with Gasteiger partial charge in [-0.1, -0.05) is 11.6 Å². The summed E-state index contributed by atoms with van der Waals surface area (Å²) in [6, 6.07) is 6.87. The lowest BCUT2D eigenvalue weighted by atomic mass is 9.87. The summed E-state index contributed by atoms with van der Waals surface area (Å²) in [7, 11) is 0. The molecule has 2 aromatic rings. The monoisotopic (exact) mass is 546 g/mol. The Labute approximate surface area is 213 Å². The van der Waals surface area contributed by atoms with Crippen molar-refractivity contribution in [3.05, 3.63) is 58.4 Å². The number of nitrogens with one attached hydrogen (secondary N) is 2. The van der Waals surface area contributed by atoms with E-state index in [-0.39, 0.29) is 41.1 Å². The molecule has 0 radical (unpaired) electrons. The number of rotatable bonds is 9. The smallest absolute Gasteiger partial charge is 0.490 e. The van der Waals surface area contributed by atoms with Crippen LogP contribution in [-0.2, 0) is 4.79 Å². The summed E-state index contributed by atoms with van der Waals surface area (Å²) < 4.78 is 61.3. The van der Waals surface area contributed by atoms with Gasteiger partial charge in [-0.2, -0.15) is 0 Å². The lowest BCUT2D eigenvalue weighted by Crippen LogP contribution is -2.35. The molecule has 13 heteroatoms. The molecule has 0 unspecified atom stereocenters. The van der Waals surface area contributed by atoms with E-state index in [2.05, 4.69) is 15.4 Å². The highest BCUT2D eigenvalue weighted by Gasteiger charge is 2.32. The van der Waals surface area contributed by atoms with Gasteiger partial charge in [0.15, 0.2) is 0 Å². The van der Waals surface area contributed by atoms with Crippen molar-refractivity contribution in [3.63, 3.8) is 0 Å². The Hall–Kier alpha value is -3.54. The number of halogens is 5. The van der Waals surface area contributed by atoms with Crippen molar-refractivity contribution < 1.29 is 46.5 Å². The van der Waals surface area contributed by atoms with Gasteiger partial charge in [0.25, 0.3) is 11.8 Å². The number of carbonyl (C=O) groups is 3. The molecule has 1 aliphatic rings. The van der Waals surface area contributed by atoms with Crippen LogP contribution >= 0.6 is 11.6 Å². The number of carboxylic acid groups (broad SMARTS) is 1. The lowest BCUT2D eigenvalue weighted by molar-refractivity contribution is -0.274. The number of benzene rings is 2. The van der Waals surface area contributed by atoms with Crippen LogP contribution in [0.4, 0.5) is 17.6 Å². The Bertz CT molecular complexity index is 1150. The fourth-order valence-corrected chi connectivity index (χ4v) is 3.93. The van der Waals surface area contributed by atoms with Crippen molar-refractivity contribution in [2.45, 2.75) is 38.1 Å². The van der Waals surface area contributed by atoms with E-state index < -0.39 is 41.6 Å². The first-order chi connectivity index (χ1) is 17.4. The summed E-state index contributed by atoms with van der Waals surface area (Å²) in [4.78, 5) is 35.5. The molecule has 2 amide bonds. The van der Waals surface area contributed by atoms with Crippen molar-refractivity contribution in [1.82, 2.24) is 10.6 Å². The molecule has 1 saturated carbocycles. The molecule has 3 rings (SSSR count). The number of carbonyl (C=O) groups excluding carboxylic acids is 2. The first-order valence-electron chi connectivity index (χ1n) is 11.2. The van der Waals surface area contributed by atoms with Crippen LogP contribution in [0.5, 0.6) is 11.5 Å². The van der Waals surface area contributed by atoms with Gasteiger partial charge in [-0.15, -0.1) is 13.2 Å². The highest BCUT2D eigenvalue weighted by Crippen LogP contribution is 2.31. The van der Waals surface area contributed by atoms with Gasteiger partial charge in [-0.3, -0.25) is 14.4 Å². The third-order valence-electron chi connectivity index (χ3n) is 5.63. The van der Waals surface area contributed by atoms with E-state index in [0.29, 0.717) is 25.7 Å². The lowest BCUT2D eigenvalue weighted by Gasteiger charge is -2.26. The largest absolute Gasteiger partial charge is 0.573 e. The molecule has 0 aliphatic heterocycles. The number of hydrogen-bond donors (Lipinski definition) is 3. The second-order valence-corrected chi connectivity index (χ2v) is 8.68. The van der Waals surface area contributed by atoms with Crippen LogP contribution in [0.1, 0.15) is 46.4 Å². The maximum Gasteiger partial charge on any atom is 0.573 e. The molecule has 0 spiro atoms. The molecule has 200 valence electrons. The highest BCUT2D eigenvalue weighted by atomic mass is 35.5. The molecule has 37 heavy (non-hydrogen) atoms. The van der Waals surface area contributed by atoms with Crippen molar-refractivity contribution >= 4 is 29.4 Å². The fourth-order valence-electron chi connectivity index (χ4n) is 3.77. The molecular formula is C24H23ClF4N2O6. The van der Waals surface area contributed by atoms with Crippen LogP contribution in [0.25, 0.3) is 0 Å². The minimum absolute atomic E-state index is 0.0887. The topological polar surface area (TPSA) is 114 Å². The Morgan fingerprint density at radius 1 is 0.973 bits per heavy atom. The van der Waals surface area contributed by atoms with Crippen molar-refractivity contribution in [2.24, 2.45) is 5.92 Å². The summed E-state index contributed by atoms with van der Waals surface area (Å²) in [6.07, 6.45) is -3.22. The fraction of sp³-hybridized carbons (Fsp3) is 0.375. The number of aliphatic carboxylic acids is 1. The van der Waals surface area contributed by atoms with Crippen molar-refractivity contribution in [2.75, 3.05) is 13.1 Å². The van der Waals surface area contributed by atoms with Crippen LogP contribution in [0, 0.1) is 11.7 Å². The van der Waals surface area contributed by atoms with Gasteiger partial charge in [0, 0.05) is 24.7 Å². The van der Waals surface area contributed by atoms with E-state index in [4.69, 9.17) is 21.4 Å². The van der Waals surface area contributed by atoms with Crippen LogP contribution in [0.3, 0.4) is 0 Å². The van der Waals surface area contributed by atoms with E-state index in [1.54, 1.807) is 0 Å². The molecule has 0 saturated heterocycles. The quantitative estimate of drug-likeness (QED) is 0.314. The zero-order valence-electron chi connectivity index (χ0n) is 19.2. The first-order valence-corrected chi connectivity index (χ1v) is 11.6. The first kappa shape index (κ1) is 28.0. The molecule has 0 aromatic heterocycles. The summed E-state index contributed by atoms with van der Waals surface area (Å²) in [6.45, 7) is -0.181. The molecule has 1 aliphatic carbocycles. The van der Waals surface area contributed by atoms with E-state index >= 15 is 0 Å². The average Bonchev–Trinajstić information content (AvgIpc) is 2.82. The molecule has 2 aromatic carbocycles. The zero-order valence-corrected chi connectivity index (χ0v) is 20.0. The normalized spacial score (nSPS) is 17.5. The van der Waals surface area contributed by atoms with Crippen LogP contribution < -0.4 is 20.1 Å². The third-order valence-corrected chi connectivity index (χ3v) is 5.94. The number of carboxylic acids is 1. The van der Waals surface area contributed by atoms with Crippen molar-refractivity contribution in [1.29, 1.82) is 0 Å². The Balaban J connectivity index is 1.46. The van der Waals surface area contributed by atoms with Crippen molar-refractivity contribution in [3.8, 4) is 11.5 Å². The van der Waals surface area contributed by atoms with Gasteiger partial charge in [0.1, 0.15) is 17.3 Å². The van der Waals surface area contributed by atoms with Crippen LogP contribution in [0.15, 0.2) is 36.4 Å². The highest BCUT2D eigenvalue weighted by molar-refractivity contribution is 6.32. The third kappa shape index (κ3) is 8.24. The van der Waals surface area contributed by atoms with E-state index in [0.717, 1.165) is 18.2 Å². The van der Waals surface area contributed by atoms with E-state index in [9.17, 15) is 31.9 Å². The summed E-state index contributed by atoms with van der Waals surface area (Å²) >= 11 is 5.65. The number of amides is 2. The molecule has 0 atom stereocenters. The minimum atomic E-state index is -4.98. The molecule has 0 bridgehead atoms. The Morgan fingerprint density at radius 3 is 2.22 bits per heavy atom. The van der Waals surface area contributed by atoms with Crippen LogP contribution in [-0.4, -0.2) is 48.4 Å². The van der Waals surface area contributed by atoms with Gasteiger partial charge in [-0.05, 0) is 56.0 Å². The predicted octanol–water partition coefficient (Wildman–Crippen LogP) is 4.56.